The molecule has 7 nitrogen and oxygen atoms in total. The molecular weight excluding hydrogens is 332 g/mol. The first-order valence-electron chi connectivity index (χ1n) is 8.74. The molecule has 0 radical (unpaired) electrons. The second kappa shape index (κ2) is 8.02. The SMILES string of the molecule is Cn1cc2c(n1)-c1cccc(c1)OCCCCC[C@@H](C(O)C#N)NC2=O. The number of nitriles is 1. The van der Waals surface area contributed by atoms with Gasteiger partial charge in [-0.15, -0.1) is 0 Å². The van der Waals surface area contributed by atoms with Crippen molar-refractivity contribution in [2.45, 2.75) is 37.8 Å². The van der Waals surface area contributed by atoms with Crippen LogP contribution < -0.4 is 10.1 Å². The summed E-state index contributed by atoms with van der Waals surface area (Å²) in [5, 5.41) is 26.2. The Hall–Kier alpha value is -2.85. The van der Waals surface area contributed by atoms with Crippen LogP contribution in [0.2, 0.25) is 0 Å². The molecule has 0 saturated carbocycles. The summed E-state index contributed by atoms with van der Waals surface area (Å²) in [4.78, 5) is 12.8. The molecule has 2 heterocycles. The molecule has 3 rings (SSSR count). The van der Waals surface area contributed by atoms with Gasteiger partial charge in [-0.1, -0.05) is 18.6 Å². The first-order chi connectivity index (χ1) is 12.6. The van der Waals surface area contributed by atoms with Gasteiger partial charge in [0.05, 0.1) is 24.3 Å². The fraction of sp³-hybridized carbons (Fsp3) is 0.421. The van der Waals surface area contributed by atoms with Crippen molar-refractivity contribution in [2.75, 3.05) is 6.61 Å². The largest absolute Gasteiger partial charge is 0.494 e. The van der Waals surface area contributed by atoms with Crippen molar-refractivity contribution < 1.29 is 14.6 Å². The molecule has 0 aliphatic carbocycles. The number of aliphatic hydroxyl groups is 1. The lowest BCUT2D eigenvalue weighted by molar-refractivity contribution is 0.0881. The lowest BCUT2D eigenvalue weighted by atomic mass is 10.0. The molecule has 7 heteroatoms. The Bertz CT molecular complexity index is 824. The summed E-state index contributed by atoms with van der Waals surface area (Å²) in [5.41, 5.74) is 1.72. The van der Waals surface area contributed by atoms with Gasteiger partial charge in [-0.25, -0.2) is 0 Å². The monoisotopic (exact) mass is 354 g/mol. The van der Waals surface area contributed by atoms with E-state index in [0.717, 1.165) is 30.6 Å². The number of hydrogen-bond donors (Lipinski definition) is 2. The van der Waals surface area contributed by atoms with Gasteiger partial charge in [0.25, 0.3) is 5.91 Å². The molecule has 26 heavy (non-hydrogen) atoms. The number of hydrogen-bond acceptors (Lipinski definition) is 5. The molecular formula is C19H22N4O3. The van der Waals surface area contributed by atoms with Gasteiger partial charge >= 0.3 is 0 Å². The molecule has 2 N–H and O–H groups in total. The minimum absolute atomic E-state index is 0.351. The van der Waals surface area contributed by atoms with Crippen molar-refractivity contribution in [1.82, 2.24) is 15.1 Å². The van der Waals surface area contributed by atoms with E-state index >= 15 is 0 Å². The van der Waals surface area contributed by atoms with E-state index in [1.807, 2.05) is 30.3 Å². The van der Waals surface area contributed by atoms with E-state index in [4.69, 9.17) is 10.00 Å². The second-order valence-electron chi connectivity index (χ2n) is 6.44. The lowest BCUT2D eigenvalue weighted by Gasteiger charge is -2.20. The van der Waals surface area contributed by atoms with Crippen LogP contribution in [0.4, 0.5) is 0 Å². The van der Waals surface area contributed by atoms with Gasteiger partial charge in [-0.2, -0.15) is 10.4 Å². The van der Waals surface area contributed by atoms with Gasteiger partial charge in [0.2, 0.25) is 0 Å². The highest BCUT2D eigenvalue weighted by molar-refractivity contribution is 6.00. The van der Waals surface area contributed by atoms with E-state index in [2.05, 4.69) is 10.4 Å². The first-order valence-corrected chi connectivity index (χ1v) is 8.74. The standard InChI is InChI=1S/C19H22N4O3/c1-23-12-15-18(22-23)13-6-5-7-14(10-13)26-9-4-2-3-8-16(17(24)11-20)21-19(15)25/h5-7,10,12,16-17,24H,2-4,8-9H2,1H3,(H,21,25)/t16-,17?/m0/s1. The zero-order valence-electron chi connectivity index (χ0n) is 14.7. The number of aromatic nitrogens is 2. The number of aliphatic hydroxyl groups excluding tert-OH is 1. The molecule has 0 spiro atoms. The summed E-state index contributed by atoms with van der Waals surface area (Å²) >= 11 is 0. The Morgan fingerprint density at radius 3 is 3.08 bits per heavy atom. The average molecular weight is 354 g/mol. The number of aryl methyl sites for hydroxylation is 1. The van der Waals surface area contributed by atoms with Crippen LogP contribution in [0.1, 0.15) is 36.0 Å². The fourth-order valence-electron chi connectivity index (χ4n) is 3.08. The van der Waals surface area contributed by atoms with Crippen LogP contribution in [-0.4, -0.2) is 39.5 Å². The van der Waals surface area contributed by atoms with Crippen molar-refractivity contribution in [3.05, 3.63) is 36.0 Å². The summed E-state index contributed by atoms with van der Waals surface area (Å²) in [6, 6.07) is 8.70. The number of benzene rings is 1. The summed E-state index contributed by atoms with van der Waals surface area (Å²) in [6.45, 7) is 0.594. The van der Waals surface area contributed by atoms with Gasteiger partial charge in [-0.05, 0) is 31.4 Å². The first kappa shape index (κ1) is 18.0. The highest BCUT2D eigenvalue weighted by Crippen LogP contribution is 2.26. The van der Waals surface area contributed by atoms with E-state index in [1.54, 1.807) is 17.9 Å². The van der Waals surface area contributed by atoms with Gasteiger partial charge in [-0.3, -0.25) is 9.48 Å². The summed E-state index contributed by atoms with van der Waals surface area (Å²) in [6.07, 6.45) is 3.46. The topological polar surface area (TPSA) is 100 Å². The van der Waals surface area contributed by atoms with E-state index in [1.165, 1.54) is 0 Å². The number of nitrogens with zero attached hydrogens (tertiary/aromatic N) is 3. The van der Waals surface area contributed by atoms with Crippen molar-refractivity contribution in [2.24, 2.45) is 7.05 Å². The summed E-state index contributed by atoms with van der Waals surface area (Å²) in [5.74, 6) is 0.394. The highest BCUT2D eigenvalue weighted by Gasteiger charge is 2.24. The van der Waals surface area contributed by atoms with E-state index < -0.39 is 12.1 Å². The predicted molar refractivity (Wildman–Crippen MR) is 95.5 cm³/mol. The van der Waals surface area contributed by atoms with Crippen LogP contribution >= 0.6 is 0 Å². The van der Waals surface area contributed by atoms with Crippen LogP contribution in [0.15, 0.2) is 30.5 Å². The Morgan fingerprint density at radius 2 is 2.27 bits per heavy atom. The van der Waals surface area contributed by atoms with Crippen molar-refractivity contribution in [3.63, 3.8) is 0 Å². The molecule has 2 atom stereocenters. The van der Waals surface area contributed by atoms with Crippen molar-refractivity contribution in [3.8, 4) is 23.1 Å². The normalized spacial score (nSPS) is 19.3. The number of carbonyl (C=O) groups excluding carboxylic acids is 1. The third-order valence-electron chi connectivity index (χ3n) is 4.44. The number of fused-ring (bicyclic) bond motifs is 4. The molecule has 1 unspecified atom stereocenters. The number of nitrogens with one attached hydrogen (secondary N) is 1. The minimum Gasteiger partial charge on any atom is -0.494 e. The van der Waals surface area contributed by atoms with Gasteiger partial charge in [0, 0.05) is 18.8 Å². The van der Waals surface area contributed by atoms with E-state index in [0.29, 0.717) is 24.3 Å². The molecule has 136 valence electrons. The molecule has 2 bridgehead atoms. The summed E-state index contributed by atoms with van der Waals surface area (Å²) in [7, 11) is 1.75. The Labute approximate surface area is 152 Å². The zero-order valence-corrected chi connectivity index (χ0v) is 14.7. The lowest BCUT2D eigenvalue weighted by Crippen LogP contribution is -2.42. The van der Waals surface area contributed by atoms with Gasteiger partial charge < -0.3 is 15.2 Å². The molecule has 1 aromatic carbocycles. The number of rotatable bonds is 1. The third kappa shape index (κ3) is 4.03. The van der Waals surface area contributed by atoms with Crippen LogP contribution in [0.3, 0.4) is 0 Å². The highest BCUT2D eigenvalue weighted by atomic mass is 16.5. The van der Waals surface area contributed by atoms with Crippen LogP contribution in [-0.2, 0) is 7.05 Å². The molecule has 0 saturated heterocycles. The average Bonchev–Trinajstić information content (AvgIpc) is 3.04. The molecule has 1 aromatic heterocycles. The maximum Gasteiger partial charge on any atom is 0.255 e. The molecule has 1 amide bonds. The molecule has 0 fully saturated rings. The van der Waals surface area contributed by atoms with Gasteiger partial charge in [0.15, 0.2) is 6.10 Å². The van der Waals surface area contributed by atoms with Crippen molar-refractivity contribution in [1.29, 1.82) is 5.26 Å². The maximum atomic E-state index is 12.8. The second-order valence-corrected chi connectivity index (χ2v) is 6.44. The van der Waals surface area contributed by atoms with E-state index in [-0.39, 0.29) is 5.91 Å². The zero-order chi connectivity index (χ0) is 18.5. The van der Waals surface area contributed by atoms with E-state index in [9.17, 15) is 9.90 Å². The Kier molecular flexibility index (Phi) is 5.54. The van der Waals surface area contributed by atoms with Crippen LogP contribution in [0.5, 0.6) is 5.75 Å². The fourth-order valence-corrected chi connectivity index (χ4v) is 3.08. The summed E-state index contributed by atoms with van der Waals surface area (Å²) < 4.78 is 7.37. The minimum atomic E-state index is -1.24. The third-order valence-corrected chi connectivity index (χ3v) is 4.44. The maximum absolute atomic E-state index is 12.8. The smallest absolute Gasteiger partial charge is 0.255 e. The van der Waals surface area contributed by atoms with Crippen LogP contribution in [0, 0.1) is 11.3 Å². The number of carbonyl (C=O) groups is 1. The molecule has 1 aliphatic rings. The molecule has 1 aliphatic heterocycles. The van der Waals surface area contributed by atoms with Gasteiger partial charge in [0.1, 0.15) is 11.4 Å². The van der Waals surface area contributed by atoms with Crippen LogP contribution in [0.25, 0.3) is 11.3 Å². The predicted octanol–water partition coefficient (Wildman–Crippen LogP) is 2.02. The number of ether oxygens (including phenoxy) is 1. The number of amides is 1. The Balaban J connectivity index is 1.99. The quantitative estimate of drug-likeness (QED) is 0.763. The molecule has 2 aromatic rings. The Morgan fingerprint density at radius 1 is 1.42 bits per heavy atom. The van der Waals surface area contributed by atoms with Crippen molar-refractivity contribution >= 4 is 5.91 Å².